The van der Waals surface area contributed by atoms with E-state index in [1.807, 2.05) is 0 Å². The van der Waals surface area contributed by atoms with E-state index in [4.69, 9.17) is 4.74 Å². The van der Waals surface area contributed by atoms with Crippen molar-refractivity contribution in [1.29, 1.82) is 0 Å². The summed E-state index contributed by atoms with van der Waals surface area (Å²) in [5.74, 6) is 5.38. The van der Waals surface area contributed by atoms with E-state index in [1.54, 1.807) is 5.57 Å². The van der Waals surface area contributed by atoms with Crippen LogP contribution >= 0.6 is 0 Å². The molecule has 6 aliphatic rings. The van der Waals surface area contributed by atoms with Crippen molar-refractivity contribution in [1.82, 2.24) is 0 Å². The van der Waals surface area contributed by atoms with Crippen LogP contribution in [0.3, 0.4) is 0 Å². The van der Waals surface area contributed by atoms with E-state index in [-0.39, 0.29) is 5.60 Å². The highest BCUT2D eigenvalue weighted by Gasteiger charge is 2.68. The smallest absolute Gasteiger partial charge is 0.155 e. The van der Waals surface area contributed by atoms with Gasteiger partial charge in [-0.1, -0.05) is 24.6 Å². The van der Waals surface area contributed by atoms with E-state index in [2.05, 4.69) is 25.2 Å². The van der Waals surface area contributed by atoms with Gasteiger partial charge in [0.05, 0.1) is 12.2 Å². The van der Waals surface area contributed by atoms with Gasteiger partial charge in [0, 0.05) is 11.8 Å². The van der Waals surface area contributed by atoms with Crippen LogP contribution in [0.25, 0.3) is 0 Å². The van der Waals surface area contributed by atoms with Gasteiger partial charge in [0.2, 0.25) is 0 Å². The van der Waals surface area contributed by atoms with Crippen molar-refractivity contribution in [3.63, 3.8) is 0 Å². The highest BCUT2D eigenvalue weighted by atomic mass is 16.5. The first-order valence-electron chi connectivity index (χ1n) is 10.2. The monoisotopic (exact) mass is 324 g/mol. The molecule has 2 heteroatoms. The first-order valence-corrected chi connectivity index (χ1v) is 10.2. The number of hydrogen-bond donors (Lipinski definition) is 0. The molecule has 1 spiro atoms. The highest BCUT2D eigenvalue weighted by molar-refractivity contribution is 5.91. The lowest BCUT2D eigenvalue weighted by Gasteiger charge is -2.55. The number of carbonyl (C=O) groups excluding carboxylic acids is 1. The van der Waals surface area contributed by atoms with Crippen LogP contribution in [0.2, 0.25) is 0 Å². The Bertz CT molecular complexity index is 675. The molecule has 4 saturated carbocycles. The molecule has 0 bridgehead atoms. The third-order valence-corrected chi connectivity index (χ3v) is 9.13. The number of fused-ring (bicyclic) bond motifs is 9. The van der Waals surface area contributed by atoms with Crippen molar-refractivity contribution in [2.24, 2.45) is 40.9 Å². The molecule has 0 amide bonds. The van der Waals surface area contributed by atoms with Crippen molar-refractivity contribution in [3.8, 4) is 0 Å². The first-order chi connectivity index (χ1) is 11.6. The Morgan fingerprint density at radius 3 is 2.88 bits per heavy atom. The molecule has 0 radical (unpaired) electrons. The average Bonchev–Trinajstić information content (AvgIpc) is 3.14. The zero-order valence-corrected chi connectivity index (χ0v) is 14.7. The van der Waals surface area contributed by atoms with E-state index < -0.39 is 0 Å². The summed E-state index contributed by atoms with van der Waals surface area (Å²) in [6.07, 6.45) is 15.3. The third kappa shape index (κ3) is 1.55. The summed E-state index contributed by atoms with van der Waals surface area (Å²) in [4.78, 5) is 11.9. The number of allylic oxidation sites excluding steroid dienone is 1. The number of hydrogen-bond acceptors (Lipinski definition) is 2. The summed E-state index contributed by atoms with van der Waals surface area (Å²) in [5.41, 5.74) is 1.97. The van der Waals surface area contributed by atoms with Gasteiger partial charge < -0.3 is 4.74 Å². The number of ether oxygens (including phenoxy) is 1. The van der Waals surface area contributed by atoms with E-state index in [0.717, 1.165) is 55.0 Å². The van der Waals surface area contributed by atoms with Crippen LogP contribution in [-0.4, -0.2) is 18.0 Å². The summed E-state index contributed by atoms with van der Waals surface area (Å²) in [6.45, 7) is 3.36. The Kier molecular flexibility index (Phi) is 2.64. The van der Waals surface area contributed by atoms with E-state index in [1.165, 1.54) is 32.1 Å². The Morgan fingerprint density at radius 2 is 2.04 bits per heavy atom. The lowest BCUT2D eigenvalue weighted by atomic mass is 9.50. The maximum atomic E-state index is 11.9. The minimum atomic E-state index is 0.0473. The predicted molar refractivity (Wildman–Crippen MR) is 92.3 cm³/mol. The molecule has 1 heterocycles. The number of carbonyl (C=O) groups is 1. The van der Waals surface area contributed by atoms with E-state index in [0.29, 0.717) is 11.2 Å². The highest BCUT2D eigenvalue weighted by Crippen LogP contribution is 2.72. The molecule has 8 atom stereocenters. The van der Waals surface area contributed by atoms with Gasteiger partial charge in [0.1, 0.15) is 0 Å². The van der Waals surface area contributed by atoms with Crippen molar-refractivity contribution in [2.75, 3.05) is 6.61 Å². The second kappa shape index (κ2) is 4.44. The van der Waals surface area contributed by atoms with Crippen LogP contribution in [0.4, 0.5) is 0 Å². The van der Waals surface area contributed by atoms with Gasteiger partial charge in [-0.3, -0.25) is 4.79 Å². The van der Waals surface area contributed by atoms with Gasteiger partial charge in [0.15, 0.2) is 5.78 Å². The molecule has 5 aliphatic carbocycles. The number of rotatable bonds is 0. The molecule has 0 aromatic heterocycles. The molecular formula is C22H28O2. The molecule has 2 nitrogen and oxygen atoms in total. The second-order valence-electron chi connectivity index (χ2n) is 9.71. The van der Waals surface area contributed by atoms with Crippen molar-refractivity contribution >= 4 is 5.78 Å². The topological polar surface area (TPSA) is 26.3 Å². The van der Waals surface area contributed by atoms with Crippen LogP contribution in [0, 0.1) is 40.9 Å². The molecule has 0 aromatic carbocycles. The Morgan fingerprint density at radius 1 is 1.12 bits per heavy atom. The summed E-state index contributed by atoms with van der Waals surface area (Å²) >= 11 is 0. The van der Waals surface area contributed by atoms with Gasteiger partial charge >= 0.3 is 0 Å². The standard InChI is InChI=1S/C22H28O2/c1-21-8-5-15-14-4-3-13(23)11-16(14)17-12-18(17)20(15)19(21)6-9-22(21)7-2-10-24-22/h2,7,11,14-15,17-20H,3-6,8-10,12H2,1H3/t14-,15?,17-,18-,19?,20?,21+,22+/m1/s1. The molecule has 0 N–H and O–H groups in total. The van der Waals surface area contributed by atoms with Crippen LogP contribution in [0.1, 0.15) is 51.9 Å². The maximum absolute atomic E-state index is 11.9. The molecule has 1 aliphatic heterocycles. The number of ketones is 1. The van der Waals surface area contributed by atoms with Crippen molar-refractivity contribution < 1.29 is 9.53 Å². The summed E-state index contributed by atoms with van der Waals surface area (Å²) in [6, 6.07) is 0. The van der Waals surface area contributed by atoms with Crippen LogP contribution in [-0.2, 0) is 9.53 Å². The summed E-state index contributed by atoms with van der Waals surface area (Å²) in [5, 5.41) is 0. The van der Waals surface area contributed by atoms with Crippen molar-refractivity contribution in [2.45, 2.75) is 57.5 Å². The van der Waals surface area contributed by atoms with Gasteiger partial charge in [0.25, 0.3) is 0 Å². The third-order valence-electron chi connectivity index (χ3n) is 9.13. The van der Waals surface area contributed by atoms with Crippen LogP contribution in [0.15, 0.2) is 23.8 Å². The SMILES string of the molecule is C[C@]12CCC3C(C1CC[C@@]21C=CCO1)[C@@H]1C[C@@H]1C1=CC(=O)CC[C@@H]13. The van der Waals surface area contributed by atoms with Gasteiger partial charge in [-0.25, -0.2) is 0 Å². The normalized spacial score (nSPS) is 57.2. The molecule has 0 saturated heterocycles. The minimum absolute atomic E-state index is 0.0473. The fourth-order valence-electron chi connectivity index (χ4n) is 8.04. The second-order valence-corrected chi connectivity index (χ2v) is 9.71. The van der Waals surface area contributed by atoms with E-state index >= 15 is 0 Å². The molecule has 6 rings (SSSR count). The van der Waals surface area contributed by atoms with Crippen molar-refractivity contribution in [3.05, 3.63) is 23.8 Å². The predicted octanol–water partition coefficient (Wildman–Crippen LogP) is 4.31. The first kappa shape index (κ1) is 14.3. The average molecular weight is 324 g/mol. The molecule has 128 valence electrons. The zero-order valence-electron chi connectivity index (χ0n) is 14.7. The van der Waals surface area contributed by atoms with Gasteiger partial charge in [-0.05, 0) is 80.1 Å². The lowest BCUT2D eigenvalue weighted by molar-refractivity contribution is -0.119. The fraction of sp³-hybridized carbons (Fsp3) is 0.773. The molecule has 3 unspecified atom stereocenters. The fourth-order valence-corrected chi connectivity index (χ4v) is 8.04. The Hall–Kier alpha value is -0.890. The zero-order chi connectivity index (χ0) is 16.1. The molecular weight excluding hydrogens is 296 g/mol. The quantitative estimate of drug-likeness (QED) is 0.621. The minimum Gasteiger partial charge on any atom is -0.366 e. The van der Waals surface area contributed by atoms with Crippen LogP contribution < -0.4 is 0 Å². The molecule has 0 aromatic rings. The lowest BCUT2D eigenvalue weighted by Crippen LogP contribution is -2.52. The van der Waals surface area contributed by atoms with Crippen LogP contribution in [0.5, 0.6) is 0 Å². The Labute approximate surface area is 144 Å². The van der Waals surface area contributed by atoms with Gasteiger partial charge in [-0.15, -0.1) is 0 Å². The largest absolute Gasteiger partial charge is 0.366 e. The Balaban J connectivity index is 1.39. The van der Waals surface area contributed by atoms with E-state index in [9.17, 15) is 4.79 Å². The maximum Gasteiger partial charge on any atom is 0.155 e. The van der Waals surface area contributed by atoms with Gasteiger partial charge in [-0.2, -0.15) is 0 Å². The summed E-state index contributed by atoms with van der Waals surface area (Å²) < 4.78 is 6.36. The molecule has 4 fully saturated rings. The summed E-state index contributed by atoms with van der Waals surface area (Å²) in [7, 11) is 0. The molecule has 24 heavy (non-hydrogen) atoms.